The van der Waals surface area contributed by atoms with Gasteiger partial charge in [0.15, 0.2) is 0 Å². The Bertz CT molecular complexity index is 793. The van der Waals surface area contributed by atoms with Crippen molar-refractivity contribution in [2.45, 2.75) is 6.92 Å². The van der Waals surface area contributed by atoms with Crippen LogP contribution in [0.15, 0.2) is 23.1 Å². The number of fused-ring (bicyclic) bond motifs is 1. The van der Waals surface area contributed by atoms with E-state index in [-0.39, 0.29) is 5.56 Å². The zero-order valence-corrected chi connectivity index (χ0v) is 10.4. The normalized spacial score (nSPS) is 11.3. The summed E-state index contributed by atoms with van der Waals surface area (Å²) >= 11 is 0. The number of aromatic nitrogens is 5. The summed E-state index contributed by atoms with van der Waals surface area (Å²) in [5.41, 5.74) is 3.06. The van der Waals surface area contributed by atoms with E-state index in [4.69, 9.17) is 0 Å². The zero-order valence-electron chi connectivity index (χ0n) is 10.4. The Morgan fingerprint density at radius 1 is 1.28 bits per heavy atom. The molecule has 0 aliphatic heterocycles. The SMILES string of the molecule is Cc1nn(C)c2[nH]c(=O)cc(-c3ccn(C)n3)c12. The van der Waals surface area contributed by atoms with E-state index >= 15 is 0 Å². The molecular weight excluding hydrogens is 230 g/mol. The number of nitrogens with one attached hydrogen (secondary N) is 1. The van der Waals surface area contributed by atoms with E-state index in [0.717, 1.165) is 28.0 Å². The molecule has 0 spiro atoms. The Balaban J connectivity index is 2.44. The van der Waals surface area contributed by atoms with Crippen LogP contribution in [0.4, 0.5) is 0 Å². The van der Waals surface area contributed by atoms with Crippen molar-refractivity contribution >= 4 is 11.0 Å². The molecule has 0 aromatic carbocycles. The molecule has 0 aliphatic carbocycles. The summed E-state index contributed by atoms with van der Waals surface area (Å²) in [7, 11) is 3.66. The van der Waals surface area contributed by atoms with Crippen molar-refractivity contribution in [2.75, 3.05) is 0 Å². The second kappa shape index (κ2) is 3.56. The van der Waals surface area contributed by atoms with Crippen LogP contribution in [0.25, 0.3) is 22.3 Å². The maximum Gasteiger partial charge on any atom is 0.250 e. The van der Waals surface area contributed by atoms with Gasteiger partial charge in [0.2, 0.25) is 5.56 Å². The number of aromatic amines is 1. The van der Waals surface area contributed by atoms with Crippen LogP contribution in [0.2, 0.25) is 0 Å². The van der Waals surface area contributed by atoms with Crippen molar-refractivity contribution in [3.05, 3.63) is 34.4 Å². The quantitative estimate of drug-likeness (QED) is 0.692. The van der Waals surface area contributed by atoms with E-state index < -0.39 is 0 Å². The lowest BCUT2D eigenvalue weighted by molar-refractivity contribution is 0.771. The molecule has 18 heavy (non-hydrogen) atoms. The van der Waals surface area contributed by atoms with E-state index in [1.807, 2.05) is 33.3 Å². The Hall–Kier alpha value is -2.37. The van der Waals surface area contributed by atoms with Gasteiger partial charge in [0.05, 0.1) is 11.4 Å². The van der Waals surface area contributed by atoms with Crippen molar-refractivity contribution in [3.8, 4) is 11.3 Å². The highest BCUT2D eigenvalue weighted by atomic mass is 16.1. The maximum absolute atomic E-state index is 11.7. The molecule has 6 nitrogen and oxygen atoms in total. The van der Waals surface area contributed by atoms with Crippen molar-refractivity contribution in [2.24, 2.45) is 14.1 Å². The lowest BCUT2D eigenvalue weighted by Crippen LogP contribution is -2.07. The number of hydrogen-bond donors (Lipinski definition) is 1. The van der Waals surface area contributed by atoms with Crippen LogP contribution in [-0.2, 0) is 14.1 Å². The van der Waals surface area contributed by atoms with Gasteiger partial charge in [0, 0.05) is 37.3 Å². The van der Waals surface area contributed by atoms with Crippen LogP contribution in [0.1, 0.15) is 5.69 Å². The first-order chi connectivity index (χ1) is 8.56. The molecule has 0 unspecified atom stereocenters. The van der Waals surface area contributed by atoms with Crippen molar-refractivity contribution in [1.29, 1.82) is 0 Å². The number of aryl methyl sites for hydroxylation is 3. The monoisotopic (exact) mass is 243 g/mol. The first kappa shape index (κ1) is 10.8. The van der Waals surface area contributed by atoms with E-state index in [0.29, 0.717) is 0 Å². The summed E-state index contributed by atoms with van der Waals surface area (Å²) in [5, 5.41) is 9.63. The first-order valence-electron chi connectivity index (χ1n) is 5.63. The van der Waals surface area contributed by atoms with Crippen LogP contribution >= 0.6 is 0 Å². The minimum absolute atomic E-state index is 0.147. The molecule has 0 saturated carbocycles. The molecule has 0 atom stereocenters. The highest BCUT2D eigenvalue weighted by Crippen LogP contribution is 2.26. The standard InChI is InChI=1S/C12H13N5O/c1-7-11-8(9-4-5-16(2)15-9)6-10(18)13-12(11)17(3)14-7/h4-6H,1-3H3,(H,13,18). The van der Waals surface area contributed by atoms with Gasteiger partial charge in [-0.15, -0.1) is 0 Å². The summed E-state index contributed by atoms with van der Waals surface area (Å²) in [4.78, 5) is 14.5. The fourth-order valence-electron chi connectivity index (χ4n) is 2.24. The Labute approximate surface area is 103 Å². The van der Waals surface area contributed by atoms with Crippen molar-refractivity contribution in [1.82, 2.24) is 24.5 Å². The molecule has 0 fully saturated rings. The fourth-order valence-corrected chi connectivity index (χ4v) is 2.24. The Morgan fingerprint density at radius 3 is 2.72 bits per heavy atom. The van der Waals surface area contributed by atoms with Crippen LogP contribution in [0.5, 0.6) is 0 Å². The smallest absolute Gasteiger partial charge is 0.250 e. The van der Waals surface area contributed by atoms with Gasteiger partial charge in [-0.25, -0.2) is 0 Å². The fraction of sp³-hybridized carbons (Fsp3) is 0.250. The number of pyridine rings is 1. The van der Waals surface area contributed by atoms with Gasteiger partial charge in [-0.1, -0.05) is 0 Å². The molecule has 0 amide bonds. The molecule has 1 N–H and O–H groups in total. The number of rotatable bonds is 1. The van der Waals surface area contributed by atoms with E-state index in [2.05, 4.69) is 15.2 Å². The number of nitrogens with zero attached hydrogens (tertiary/aromatic N) is 4. The number of H-pyrrole nitrogens is 1. The third kappa shape index (κ3) is 1.46. The second-order valence-electron chi connectivity index (χ2n) is 4.35. The summed E-state index contributed by atoms with van der Waals surface area (Å²) < 4.78 is 3.40. The summed E-state index contributed by atoms with van der Waals surface area (Å²) in [6.45, 7) is 1.92. The minimum atomic E-state index is -0.147. The van der Waals surface area contributed by atoms with Gasteiger partial charge in [-0.2, -0.15) is 10.2 Å². The molecule has 3 heterocycles. The lowest BCUT2D eigenvalue weighted by atomic mass is 10.1. The molecule has 6 heteroatoms. The summed E-state index contributed by atoms with van der Waals surface area (Å²) in [5.74, 6) is 0. The second-order valence-corrected chi connectivity index (χ2v) is 4.35. The zero-order chi connectivity index (χ0) is 12.9. The molecule has 3 aromatic heterocycles. The molecule has 92 valence electrons. The third-order valence-corrected chi connectivity index (χ3v) is 3.00. The lowest BCUT2D eigenvalue weighted by Gasteiger charge is -2.00. The first-order valence-corrected chi connectivity index (χ1v) is 5.63. The molecule has 3 rings (SSSR count). The van der Waals surface area contributed by atoms with Gasteiger partial charge in [0.25, 0.3) is 0 Å². The predicted octanol–water partition coefficient (Wildman–Crippen LogP) is 0.971. The van der Waals surface area contributed by atoms with Gasteiger partial charge in [0.1, 0.15) is 5.65 Å². The van der Waals surface area contributed by atoms with Crippen LogP contribution in [-0.4, -0.2) is 24.5 Å². The number of hydrogen-bond acceptors (Lipinski definition) is 3. The van der Waals surface area contributed by atoms with Crippen molar-refractivity contribution < 1.29 is 0 Å². The minimum Gasteiger partial charge on any atom is -0.307 e. The average Bonchev–Trinajstić information content (AvgIpc) is 2.84. The summed E-state index contributed by atoms with van der Waals surface area (Å²) in [6.07, 6.45) is 1.86. The Kier molecular flexibility index (Phi) is 2.13. The average molecular weight is 243 g/mol. The molecule has 0 radical (unpaired) electrons. The van der Waals surface area contributed by atoms with Crippen molar-refractivity contribution in [3.63, 3.8) is 0 Å². The van der Waals surface area contributed by atoms with Gasteiger partial charge in [-0.3, -0.25) is 14.2 Å². The van der Waals surface area contributed by atoms with Gasteiger partial charge < -0.3 is 4.98 Å². The van der Waals surface area contributed by atoms with Gasteiger partial charge in [-0.05, 0) is 13.0 Å². The predicted molar refractivity (Wildman–Crippen MR) is 68.3 cm³/mol. The highest BCUT2D eigenvalue weighted by Gasteiger charge is 2.14. The molecule has 0 bridgehead atoms. The van der Waals surface area contributed by atoms with Crippen LogP contribution < -0.4 is 5.56 Å². The topological polar surface area (TPSA) is 68.5 Å². The molecule has 0 saturated heterocycles. The molecular formula is C12H13N5O. The van der Waals surface area contributed by atoms with E-state index in [9.17, 15) is 4.79 Å². The van der Waals surface area contributed by atoms with E-state index in [1.54, 1.807) is 15.4 Å². The van der Waals surface area contributed by atoms with Crippen LogP contribution in [0, 0.1) is 6.92 Å². The summed E-state index contributed by atoms with van der Waals surface area (Å²) in [6, 6.07) is 3.46. The largest absolute Gasteiger partial charge is 0.307 e. The van der Waals surface area contributed by atoms with E-state index in [1.165, 1.54) is 0 Å². The van der Waals surface area contributed by atoms with Gasteiger partial charge >= 0.3 is 0 Å². The van der Waals surface area contributed by atoms with Crippen LogP contribution in [0.3, 0.4) is 0 Å². The third-order valence-electron chi connectivity index (χ3n) is 3.00. The molecule has 3 aromatic rings. The molecule has 0 aliphatic rings. The highest BCUT2D eigenvalue weighted by molar-refractivity contribution is 5.93. The Morgan fingerprint density at radius 2 is 2.06 bits per heavy atom. The maximum atomic E-state index is 11.7.